The first-order valence-corrected chi connectivity index (χ1v) is 7.21. The van der Waals surface area contributed by atoms with Crippen LogP contribution in [0.5, 0.6) is 11.5 Å². The molecule has 1 aliphatic rings. The molecule has 4 nitrogen and oxygen atoms in total. The molecule has 0 saturated heterocycles. The van der Waals surface area contributed by atoms with Crippen molar-refractivity contribution in [2.24, 2.45) is 11.8 Å². The Morgan fingerprint density at radius 1 is 1.30 bits per heavy atom. The molecule has 1 fully saturated rings. The fourth-order valence-electron chi connectivity index (χ4n) is 2.95. The molecule has 0 amide bonds. The first-order chi connectivity index (χ1) is 9.72. The summed E-state index contributed by atoms with van der Waals surface area (Å²) in [5.74, 6) is 0.687. The minimum atomic E-state index is -0.694. The third-order valence-electron chi connectivity index (χ3n) is 4.04. The Labute approximate surface area is 119 Å². The van der Waals surface area contributed by atoms with Gasteiger partial charge in [0, 0.05) is 0 Å². The van der Waals surface area contributed by atoms with E-state index in [1.54, 1.807) is 7.11 Å². The Hall–Kier alpha value is -1.71. The Kier molecular flexibility index (Phi) is 5.27. The SMILES string of the molecule is COc1ccccc1OCCC(C(=O)O)C1CCCC1. The van der Waals surface area contributed by atoms with E-state index < -0.39 is 5.97 Å². The number of carboxylic acid groups (broad SMARTS) is 1. The molecule has 1 unspecified atom stereocenters. The number of hydrogen-bond acceptors (Lipinski definition) is 3. The number of para-hydroxylation sites is 2. The van der Waals surface area contributed by atoms with Crippen LogP contribution in [0.4, 0.5) is 0 Å². The number of carboxylic acids is 1. The second kappa shape index (κ2) is 7.17. The highest BCUT2D eigenvalue weighted by Gasteiger charge is 2.30. The van der Waals surface area contributed by atoms with Gasteiger partial charge < -0.3 is 14.6 Å². The standard InChI is InChI=1S/C16H22O4/c1-19-14-8-4-5-9-15(14)20-11-10-13(16(17)18)12-6-2-3-7-12/h4-5,8-9,12-13H,2-3,6-7,10-11H2,1H3,(H,17,18). The number of aliphatic carboxylic acids is 1. The summed E-state index contributed by atoms with van der Waals surface area (Å²) in [5, 5.41) is 9.35. The van der Waals surface area contributed by atoms with Crippen molar-refractivity contribution in [1.29, 1.82) is 0 Å². The number of carbonyl (C=O) groups is 1. The van der Waals surface area contributed by atoms with E-state index in [9.17, 15) is 9.90 Å². The Morgan fingerprint density at radius 3 is 2.55 bits per heavy atom. The molecule has 1 aromatic rings. The molecule has 4 heteroatoms. The average Bonchev–Trinajstić information content (AvgIpc) is 2.97. The number of ether oxygens (including phenoxy) is 2. The van der Waals surface area contributed by atoms with E-state index in [1.807, 2.05) is 24.3 Å². The van der Waals surface area contributed by atoms with E-state index in [0.29, 0.717) is 30.4 Å². The molecular weight excluding hydrogens is 256 g/mol. The molecule has 1 aliphatic carbocycles. The lowest BCUT2D eigenvalue weighted by Gasteiger charge is -2.19. The van der Waals surface area contributed by atoms with Crippen LogP contribution < -0.4 is 9.47 Å². The smallest absolute Gasteiger partial charge is 0.306 e. The molecule has 0 spiro atoms. The van der Waals surface area contributed by atoms with Gasteiger partial charge in [0.05, 0.1) is 19.6 Å². The molecule has 110 valence electrons. The summed E-state index contributed by atoms with van der Waals surface area (Å²) >= 11 is 0. The van der Waals surface area contributed by atoms with Crippen molar-refractivity contribution < 1.29 is 19.4 Å². The highest BCUT2D eigenvalue weighted by Crippen LogP contribution is 2.34. The van der Waals surface area contributed by atoms with E-state index in [1.165, 1.54) is 0 Å². The lowest BCUT2D eigenvalue weighted by atomic mass is 9.88. The lowest BCUT2D eigenvalue weighted by molar-refractivity contribution is -0.144. The summed E-state index contributed by atoms with van der Waals surface area (Å²) in [5.41, 5.74) is 0. The average molecular weight is 278 g/mol. The number of hydrogen-bond donors (Lipinski definition) is 1. The van der Waals surface area contributed by atoms with Crippen molar-refractivity contribution in [3.05, 3.63) is 24.3 Å². The molecule has 1 saturated carbocycles. The van der Waals surface area contributed by atoms with Crippen LogP contribution in [0.2, 0.25) is 0 Å². The molecule has 20 heavy (non-hydrogen) atoms. The third kappa shape index (κ3) is 3.65. The summed E-state index contributed by atoms with van der Waals surface area (Å²) in [6.45, 7) is 0.411. The Bertz CT molecular complexity index is 438. The maximum Gasteiger partial charge on any atom is 0.306 e. The van der Waals surface area contributed by atoms with Crippen molar-refractivity contribution in [3.8, 4) is 11.5 Å². The minimum Gasteiger partial charge on any atom is -0.493 e. The van der Waals surface area contributed by atoms with Gasteiger partial charge in [-0.25, -0.2) is 0 Å². The van der Waals surface area contributed by atoms with Crippen molar-refractivity contribution in [2.75, 3.05) is 13.7 Å². The van der Waals surface area contributed by atoms with Crippen LogP contribution in [0.3, 0.4) is 0 Å². The Morgan fingerprint density at radius 2 is 1.95 bits per heavy atom. The molecule has 1 N–H and O–H groups in total. The van der Waals surface area contributed by atoms with Gasteiger partial charge in [-0.05, 0) is 37.3 Å². The predicted octanol–water partition coefficient (Wildman–Crippen LogP) is 3.36. The highest BCUT2D eigenvalue weighted by atomic mass is 16.5. The largest absolute Gasteiger partial charge is 0.493 e. The summed E-state index contributed by atoms with van der Waals surface area (Å²) in [7, 11) is 1.60. The van der Waals surface area contributed by atoms with E-state index >= 15 is 0 Å². The van der Waals surface area contributed by atoms with Gasteiger partial charge in [-0.1, -0.05) is 25.0 Å². The zero-order valence-electron chi connectivity index (χ0n) is 11.9. The normalized spacial score (nSPS) is 16.9. The molecule has 0 radical (unpaired) electrons. The van der Waals surface area contributed by atoms with Gasteiger partial charge in [-0.2, -0.15) is 0 Å². The topological polar surface area (TPSA) is 55.8 Å². The van der Waals surface area contributed by atoms with Crippen molar-refractivity contribution in [1.82, 2.24) is 0 Å². The zero-order valence-corrected chi connectivity index (χ0v) is 11.9. The van der Waals surface area contributed by atoms with Gasteiger partial charge in [-0.15, -0.1) is 0 Å². The van der Waals surface area contributed by atoms with Crippen LogP contribution in [0.1, 0.15) is 32.1 Å². The van der Waals surface area contributed by atoms with Gasteiger partial charge in [0.1, 0.15) is 0 Å². The molecule has 0 heterocycles. The maximum absolute atomic E-state index is 11.4. The van der Waals surface area contributed by atoms with Crippen LogP contribution in [0, 0.1) is 11.8 Å². The first kappa shape index (κ1) is 14.7. The van der Waals surface area contributed by atoms with Gasteiger partial charge >= 0.3 is 5.97 Å². The second-order valence-corrected chi connectivity index (χ2v) is 5.28. The van der Waals surface area contributed by atoms with Crippen LogP contribution >= 0.6 is 0 Å². The molecule has 1 aromatic carbocycles. The number of benzene rings is 1. The second-order valence-electron chi connectivity index (χ2n) is 5.28. The number of methoxy groups -OCH3 is 1. The van der Waals surface area contributed by atoms with E-state index in [-0.39, 0.29) is 5.92 Å². The van der Waals surface area contributed by atoms with Gasteiger partial charge in [-0.3, -0.25) is 4.79 Å². The molecule has 1 atom stereocenters. The van der Waals surface area contributed by atoms with E-state index in [0.717, 1.165) is 25.7 Å². The van der Waals surface area contributed by atoms with Crippen LogP contribution in [-0.2, 0) is 4.79 Å². The van der Waals surface area contributed by atoms with Crippen molar-refractivity contribution in [3.63, 3.8) is 0 Å². The third-order valence-corrected chi connectivity index (χ3v) is 4.04. The predicted molar refractivity (Wildman–Crippen MR) is 76.2 cm³/mol. The highest BCUT2D eigenvalue weighted by molar-refractivity contribution is 5.70. The van der Waals surface area contributed by atoms with Crippen LogP contribution in [0.15, 0.2) is 24.3 Å². The summed E-state index contributed by atoms with van der Waals surface area (Å²) in [6.07, 6.45) is 4.93. The Balaban J connectivity index is 1.88. The quantitative estimate of drug-likeness (QED) is 0.831. The maximum atomic E-state index is 11.4. The lowest BCUT2D eigenvalue weighted by Crippen LogP contribution is -2.24. The monoisotopic (exact) mass is 278 g/mol. The summed E-state index contributed by atoms with van der Waals surface area (Å²) < 4.78 is 10.9. The fourth-order valence-corrected chi connectivity index (χ4v) is 2.95. The van der Waals surface area contributed by atoms with E-state index in [2.05, 4.69) is 0 Å². The molecule has 0 bridgehead atoms. The van der Waals surface area contributed by atoms with Crippen LogP contribution in [0.25, 0.3) is 0 Å². The molecule has 0 aliphatic heterocycles. The van der Waals surface area contributed by atoms with Gasteiger partial charge in [0.2, 0.25) is 0 Å². The van der Waals surface area contributed by atoms with Crippen molar-refractivity contribution in [2.45, 2.75) is 32.1 Å². The van der Waals surface area contributed by atoms with Gasteiger partial charge in [0.15, 0.2) is 11.5 Å². The number of rotatable bonds is 7. The van der Waals surface area contributed by atoms with Gasteiger partial charge in [0.25, 0.3) is 0 Å². The summed E-state index contributed by atoms with van der Waals surface area (Å²) in [6, 6.07) is 7.43. The fraction of sp³-hybridized carbons (Fsp3) is 0.562. The zero-order chi connectivity index (χ0) is 14.4. The minimum absolute atomic E-state index is 0.285. The molecular formula is C16H22O4. The first-order valence-electron chi connectivity index (χ1n) is 7.21. The molecule has 2 rings (SSSR count). The van der Waals surface area contributed by atoms with Crippen LogP contribution in [-0.4, -0.2) is 24.8 Å². The molecule has 0 aromatic heterocycles. The van der Waals surface area contributed by atoms with E-state index in [4.69, 9.17) is 9.47 Å². The summed E-state index contributed by atoms with van der Waals surface area (Å²) in [4.78, 5) is 11.4. The van der Waals surface area contributed by atoms with Crippen molar-refractivity contribution >= 4 is 5.97 Å².